The summed E-state index contributed by atoms with van der Waals surface area (Å²) in [6.07, 6.45) is 2.29. The minimum Gasteiger partial charge on any atom is -0.364 e. The highest BCUT2D eigenvalue weighted by Gasteiger charge is 2.29. The first-order valence-electron chi connectivity index (χ1n) is 6.48. The number of ether oxygens (including phenoxy) is 1. The number of anilines is 1. The van der Waals surface area contributed by atoms with Gasteiger partial charge < -0.3 is 15.8 Å². The second-order valence-electron chi connectivity index (χ2n) is 4.60. The first-order chi connectivity index (χ1) is 8.72. The lowest BCUT2D eigenvalue weighted by Crippen LogP contribution is -2.29. The molecule has 4 nitrogen and oxygen atoms in total. The van der Waals surface area contributed by atoms with Crippen LogP contribution in [0.1, 0.15) is 25.3 Å². The summed E-state index contributed by atoms with van der Waals surface area (Å²) < 4.78 is 5.55. The Kier molecular flexibility index (Phi) is 4.33. The maximum Gasteiger partial charge on any atom is 0.253 e. The minimum atomic E-state index is -0.357. The van der Waals surface area contributed by atoms with E-state index in [9.17, 15) is 4.79 Å². The van der Waals surface area contributed by atoms with Crippen molar-refractivity contribution in [3.8, 4) is 0 Å². The Morgan fingerprint density at radius 2 is 2.11 bits per heavy atom. The molecular weight excluding hydrogens is 228 g/mol. The van der Waals surface area contributed by atoms with E-state index in [4.69, 9.17) is 10.5 Å². The lowest BCUT2D eigenvalue weighted by Gasteiger charge is -2.12. The maximum absolute atomic E-state index is 12.0. The average Bonchev–Trinajstić information content (AvgIpc) is 2.88. The van der Waals surface area contributed by atoms with Crippen molar-refractivity contribution in [3.63, 3.8) is 0 Å². The fourth-order valence-electron chi connectivity index (χ4n) is 2.12. The molecule has 1 aromatic carbocycles. The van der Waals surface area contributed by atoms with Crippen molar-refractivity contribution in [2.45, 2.75) is 38.4 Å². The maximum atomic E-state index is 12.0. The number of carbonyl (C=O) groups is 1. The Morgan fingerprint density at radius 1 is 1.39 bits per heavy atom. The van der Waals surface area contributed by atoms with E-state index in [2.05, 4.69) is 12.2 Å². The highest BCUT2D eigenvalue weighted by Crippen LogP contribution is 2.20. The summed E-state index contributed by atoms with van der Waals surface area (Å²) in [6.45, 7) is 2.59. The molecule has 3 N–H and O–H groups in total. The van der Waals surface area contributed by atoms with E-state index in [1.165, 1.54) is 5.56 Å². The molecule has 1 saturated heterocycles. The molecule has 1 aliphatic heterocycles. The van der Waals surface area contributed by atoms with Crippen molar-refractivity contribution in [2.24, 2.45) is 5.73 Å². The van der Waals surface area contributed by atoms with E-state index in [1.807, 2.05) is 24.3 Å². The van der Waals surface area contributed by atoms with E-state index >= 15 is 0 Å². The normalized spacial score (nSPS) is 23.0. The van der Waals surface area contributed by atoms with E-state index < -0.39 is 0 Å². The molecule has 1 aromatic rings. The summed E-state index contributed by atoms with van der Waals surface area (Å²) in [5.41, 5.74) is 7.60. The number of nitrogens with two attached hydrogens (primary N) is 1. The predicted molar refractivity (Wildman–Crippen MR) is 71.4 cm³/mol. The quantitative estimate of drug-likeness (QED) is 0.852. The molecule has 18 heavy (non-hydrogen) atoms. The number of rotatable bonds is 4. The van der Waals surface area contributed by atoms with Gasteiger partial charge in [-0.3, -0.25) is 4.79 Å². The van der Waals surface area contributed by atoms with Crippen LogP contribution in [-0.4, -0.2) is 24.7 Å². The van der Waals surface area contributed by atoms with Crippen LogP contribution in [0.25, 0.3) is 0 Å². The van der Waals surface area contributed by atoms with Crippen LogP contribution in [0.15, 0.2) is 24.3 Å². The van der Waals surface area contributed by atoms with Gasteiger partial charge in [0.2, 0.25) is 0 Å². The summed E-state index contributed by atoms with van der Waals surface area (Å²) in [5.74, 6) is -0.0739. The Hall–Kier alpha value is -1.39. The van der Waals surface area contributed by atoms with Crippen LogP contribution in [0.2, 0.25) is 0 Å². The van der Waals surface area contributed by atoms with Crippen LogP contribution >= 0.6 is 0 Å². The van der Waals surface area contributed by atoms with Gasteiger partial charge in [0.25, 0.3) is 5.91 Å². The predicted octanol–water partition coefficient (Wildman–Crippen LogP) is 1.69. The fourth-order valence-corrected chi connectivity index (χ4v) is 2.12. The molecule has 1 fully saturated rings. The highest BCUT2D eigenvalue weighted by atomic mass is 16.5. The molecule has 1 aliphatic rings. The molecule has 0 aliphatic carbocycles. The second-order valence-corrected chi connectivity index (χ2v) is 4.60. The number of amides is 1. The van der Waals surface area contributed by atoms with E-state index in [1.54, 1.807) is 0 Å². The number of hydrogen-bond donors (Lipinski definition) is 2. The van der Waals surface area contributed by atoms with Gasteiger partial charge in [0, 0.05) is 12.2 Å². The Labute approximate surface area is 108 Å². The number of benzene rings is 1. The molecule has 1 heterocycles. The molecule has 1 amide bonds. The van der Waals surface area contributed by atoms with Gasteiger partial charge in [-0.2, -0.15) is 0 Å². The first-order valence-corrected chi connectivity index (χ1v) is 6.48. The van der Waals surface area contributed by atoms with Crippen molar-refractivity contribution in [1.29, 1.82) is 0 Å². The second kappa shape index (κ2) is 5.98. The van der Waals surface area contributed by atoms with E-state index in [0.717, 1.165) is 24.9 Å². The van der Waals surface area contributed by atoms with Crippen molar-refractivity contribution < 1.29 is 9.53 Å². The molecule has 2 rings (SSSR count). The smallest absolute Gasteiger partial charge is 0.253 e. The third-order valence-corrected chi connectivity index (χ3v) is 3.29. The van der Waals surface area contributed by atoms with Crippen LogP contribution in [0.4, 0.5) is 5.69 Å². The van der Waals surface area contributed by atoms with Crippen LogP contribution in [-0.2, 0) is 16.0 Å². The van der Waals surface area contributed by atoms with Crippen molar-refractivity contribution in [1.82, 2.24) is 0 Å². The minimum absolute atomic E-state index is 0.0308. The SMILES string of the molecule is CCc1ccc(NC(=O)C2CCC(CN)O2)cc1. The zero-order valence-electron chi connectivity index (χ0n) is 10.7. The summed E-state index contributed by atoms with van der Waals surface area (Å²) in [4.78, 5) is 12.0. The lowest BCUT2D eigenvalue weighted by atomic mass is 10.1. The molecule has 0 bridgehead atoms. The Balaban J connectivity index is 1.90. The van der Waals surface area contributed by atoms with Crippen molar-refractivity contribution in [2.75, 3.05) is 11.9 Å². The van der Waals surface area contributed by atoms with Gasteiger partial charge in [0.1, 0.15) is 6.10 Å². The Morgan fingerprint density at radius 3 is 2.67 bits per heavy atom. The van der Waals surface area contributed by atoms with E-state index in [0.29, 0.717) is 6.54 Å². The molecule has 2 atom stereocenters. The third-order valence-electron chi connectivity index (χ3n) is 3.29. The standard InChI is InChI=1S/C14H20N2O2/c1-2-10-3-5-11(6-4-10)16-14(17)13-8-7-12(9-15)18-13/h3-6,12-13H,2,7-9,15H2,1H3,(H,16,17). The number of nitrogens with one attached hydrogen (secondary N) is 1. The average molecular weight is 248 g/mol. The van der Waals surface area contributed by atoms with E-state index in [-0.39, 0.29) is 18.1 Å². The number of hydrogen-bond acceptors (Lipinski definition) is 3. The summed E-state index contributed by atoms with van der Waals surface area (Å²) >= 11 is 0. The number of carbonyl (C=O) groups excluding carboxylic acids is 1. The molecule has 0 radical (unpaired) electrons. The van der Waals surface area contributed by atoms with Crippen molar-refractivity contribution >= 4 is 11.6 Å². The van der Waals surface area contributed by atoms with Gasteiger partial charge in [-0.1, -0.05) is 19.1 Å². The Bertz CT molecular complexity index is 403. The van der Waals surface area contributed by atoms with Crippen LogP contribution in [0.3, 0.4) is 0 Å². The van der Waals surface area contributed by atoms with Crippen LogP contribution < -0.4 is 11.1 Å². The molecule has 4 heteroatoms. The van der Waals surface area contributed by atoms with Gasteiger partial charge in [0.15, 0.2) is 0 Å². The highest BCUT2D eigenvalue weighted by molar-refractivity contribution is 5.94. The van der Waals surface area contributed by atoms with Crippen LogP contribution in [0, 0.1) is 0 Å². The summed E-state index contributed by atoms with van der Waals surface area (Å²) in [6, 6.07) is 7.89. The molecule has 2 unspecified atom stereocenters. The summed E-state index contributed by atoms with van der Waals surface area (Å²) in [5, 5.41) is 2.88. The molecule has 0 saturated carbocycles. The number of aryl methyl sites for hydroxylation is 1. The monoisotopic (exact) mass is 248 g/mol. The topological polar surface area (TPSA) is 64.4 Å². The zero-order chi connectivity index (χ0) is 13.0. The fraction of sp³-hybridized carbons (Fsp3) is 0.500. The lowest BCUT2D eigenvalue weighted by molar-refractivity contribution is -0.126. The van der Waals surface area contributed by atoms with Crippen LogP contribution in [0.5, 0.6) is 0 Å². The zero-order valence-corrected chi connectivity index (χ0v) is 10.7. The van der Waals surface area contributed by atoms with Gasteiger partial charge in [-0.15, -0.1) is 0 Å². The van der Waals surface area contributed by atoms with Gasteiger partial charge in [-0.25, -0.2) is 0 Å². The third kappa shape index (κ3) is 3.09. The van der Waals surface area contributed by atoms with Gasteiger partial charge in [-0.05, 0) is 37.0 Å². The first kappa shape index (κ1) is 13.1. The van der Waals surface area contributed by atoms with Crippen molar-refractivity contribution in [3.05, 3.63) is 29.8 Å². The molecule has 0 aromatic heterocycles. The van der Waals surface area contributed by atoms with Gasteiger partial charge in [0.05, 0.1) is 6.10 Å². The van der Waals surface area contributed by atoms with Gasteiger partial charge >= 0.3 is 0 Å². The summed E-state index contributed by atoms with van der Waals surface area (Å²) in [7, 11) is 0. The molecular formula is C14H20N2O2. The largest absolute Gasteiger partial charge is 0.364 e. The molecule has 0 spiro atoms. The molecule has 98 valence electrons.